The molecule has 0 amide bonds. The number of aryl methyl sites for hydroxylation is 4. The van der Waals surface area contributed by atoms with Gasteiger partial charge in [0.05, 0.1) is 0 Å². The number of hydrogen-bond acceptors (Lipinski definition) is 3. The van der Waals surface area contributed by atoms with Gasteiger partial charge in [-0.3, -0.25) is 0 Å². The van der Waals surface area contributed by atoms with Crippen LogP contribution >= 0.6 is 16.2 Å². The summed E-state index contributed by atoms with van der Waals surface area (Å²) >= 11 is 0. The van der Waals surface area contributed by atoms with Crippen molar-refractivity contribution < 1.29 is 8.39 Å². The van der Waals surface area contributed by atoms with E-state index in [0.29, 0.717) is 11.3 Å². The van der Waals surface area contributed by atoms with Gasteiger partial charge in [0.15, 0.2) is 0 Å². The Bertz CT molecular complexity index is 1850. The Morgan fingerprint density at radius 2 is 1.06 bits per heavy atom. The lowest BCUT2D eigenvalue weighted by molar-refractivity contribution is 0.564. The van der Waals surface area contributed by atoms with Crippen LogP contribution in [0.2, 0.25) is 0 Å². The molecule has 260 valence electrons. The molecule has 0 unspecified atom stereocenters. The molecule has 1 aliphatic rings. The van der Waals surface area contributed by atoms with Crippen LogP contribution < -0.4 is 4.44 Å². The predicted molar refractivity (Wildman–Crippen MR) is 215 cm³/mol. The van der Waals surface area contributed by atoms with E-state index in [1.165, 1.54) is 68.1 Å². The summed E-state index contributed by atoms with van der Waals surface area (Å²) in [4.78, 5) is 0. The lowest BCUT2D eigenvalue weighted by Gasteiger charge is -2.35. The second-order valence-corrected chi connectivity index (χ2v) is 20.4. The summed E-state index contributed by atoms with van der Waals surface area (Å²) in [6, 6.07) is 27.3. The van der Waals surface area contributed by atoms with Crippen molar-refractivity contribution in [3.05, 3.63) is 117 Å². The van der Waals surface area contributed by atoms with E-state index in [9.17, 15) is 0 Å². The van der Waals surface area contributed by atoms with E-state index < -0.39 is 16.2 Å². The van der Waals surface area contributed by atoms with Crippen LogP contribution in [0.3, 0.4) is 0 Å². The molecular formula is C44H57NO2P2. The molecule has 0 bridgehead atoms. The fourth-order valence-electron chi connectivity index (χ4n) is 7.65. The summed E-state index contributed by atoms with van der Waals surface area (Å²) in [6.45, 7) is 26.3. The summed E-state index contributed by atoms with van der Waals surface area (Å²) in [5.74, 6) is 0. The second kappa shape index (κ2) is 14.1. The highest BCUT2D eigenvalue weighted by molar-refractivity contribution is 7.70. The monoisotopic (exact) mass is 693 g/mol. The van der Waals surface area contributed by atoms with Crippen LogP contribution in [0.15, 0.2) is 81.2 Å². The van der Waals surface area contributed by atoms with Crippen molar-refractivity contribution in [3.8, 4) is 0 Å². The molecule has 1 fully saturated rings. The van der Waals surface area contributed by atoms with Gasteiger partial charge < -0.3 is 8.39 Å². The molecule has 0 aliphatic carbocycles. The zero-order valence-corrected chi connectivity index (χ0v) is 33.6. The summed E-state index contributed by atoms with van der Waals surface area (Å²) in [7, 11) is -2.20. The first-order chi connectivity index (χ1) is 23.2. The van der Waals surface area contributed by atoms with Gasteiger partial charge in [-0.05, 0) is 99.2 Å². The fourth-order valence-corrected chi connectivity index (χ4v) is 13.7. The molecule has 4 aromatic carbocycles. The molecule has 2 heterocycles. The van der Waals surface area contributed by atoms with E-state index in [1.807, 2.05) is 0 Å². The lowest BCUT2D eigenvalue weighted by atomic mass is 9.81. The zero-order valence-electron chi connectivity index (χ0n) is 31.8. The first-order valence-corrected chi connectivity index (χ1v) is 20.9. The van der Waals surface area contributed by atoms with Crippen molar-refractivity contribution >= 4 is 38.2 Å². The molecule has 49 heavy (non-hydrogen) atoms. The van der Waals surface area contributed by atoms with Crippen molar-refractivity contribution in [1.29, 1.82) is 0 Å². The van der Waals surface area contributed by atoms with E-state index in [4.69, 9.17) is 8.39 Å². The Kier molecular flexibility index (Phi) is 10.3. The normalized spacial score (nSPS) is 17.5. The van der Waals surface area contributed by atoms with E-state index in [0.717, 1.165) is 30.6 Å². The van der Waals surface area contributed by atoms with Gasteiger partial charge in [-0.2, -0.15) is 4.44 Å². The summed E-state index contributed by atoms with van der Waals surface area (Å²) < 4.78 is 18.0. The minimum Gasteiger partial charge on any atom is -0.407 e. The SMILES string of the molecule is CCCCN(P1[C@H](c2ccccc2)CC[C@H]1c1ccccc1)p1oc2c(C(C)(C)C)cc(C)c(C)c2c2c(C)c(C)cc(C(C)(C)C)c2o1. The molecule has 5 heteroatoms. The highest BCUT2D eigenvalue weighted by Gasteiger charge is 2.43. The third-order valence-electron chi connectivity index (χ3n) is 10.7. The number of unbranched alkanes of at least 4 members (excludes halogenated alkanes) is 1. The standard InChI is InChI=1S/C44H57NO2P2/c1-12-13-26-45(48-37(33-20-16-14-17-21-33)24-25-38(48)34-22-18-15-19-23-34)49-46-41-35(43(6,7)8)27-29(2)31(4)39(41)40-32(5)30(3)28-36(42(40)47-49)44(9,10)11/h14-23,27-28,37-38H,12-13,24-26H2,1-11H3/t37-,38-/m0/s1. The van der Waals surface area contributed by atoms with Gasteiger partial charge >= 0.3 is 8.16 Å². The summed E-state index contributed by atoms with van der Waals surface area (Å²) in [5, 5.41) is 2.45. The van der Waals surface area contributed by atoms with Crippen molar-refractivity contribution in [1.82, 2.24) is 0 Å². The largest absolute Gasteiger partial charge is 0.407 e. The van der Waals surface area contributed by atoms with Gasteiger partial charge in [0.2, 0.25) is 0 Å². The van der Waals surface area contributed by atoms with E-state index in [1.54, 1.807) is 0 Å². The first kappa shape index (κ1) is 36.0. The van der Waals surface area contributed by atoms with Gasteiger partial charge in [-0.15, -0.1) is 0 Å². The van der Waals surface area contributed by atoms with Crippen LogP contribution in [0.25, 0.3) is 21.9 Å². The van der Waals surface area contributed by atoms with Gasteiger partial charge in [0, 0.05) is 39.8 Å². The predicted octanol–water partition coefficient (Wildman–Crippen LogP) is 14.5. The first-order valence-electron chi connectivity index (χ1n) is 18.3. The molecule has 0 radical (unpaired) electrons. The number of hydrogen-bond donors (Lipinski definition) is 0. The highest BCUT2D eigenvalue weighted by atomic mass is 31.2. The Hall–Kier alpha value is -2.83. The molecule has 2 atom stereocenters. The van der Waals surface area contributed by atoms with Crippen LogP contribution in [0.4, 0.5) is 0 Å². The number of benzene rings is 4. The van der Waals surface area contributed by atoms with Gasteiger partial charge in [0.1, 0.15) is 11.2 Å². The maximum absolute atomic E-state index is 7.62. The lowest BCUT2D eigenvalue weighted by Crippen LogP contribution is -2.19. The Morgan fingerprint density at radius 3 is 1.43 bits per heavy atom. The summed E-state index contributed by atoms with van der Waals surface area (Å²) in [6.07, 6.45) is 4.57. The molecule has 0 spiro atoms. The van der Waals surface area contributed by atoms with Crippen molar-refractivity contribution in [2.45, 2.75) is 124 Å². The van der Waals surface area contributed by atoms with Crippen LogP contribution in [0, 0.1) is 27.7 Å². The molecule has 0 N–H and O–H groups in total. The second-order valence-electron chi connectivity index (χ2n) is 16.3. The average molecular weight is 694 g/mol. The number of rotatable bonds is 7. The zero-order chi connectivity index (χ0) is 35.2. The van der Waals surface area contributed by atoms with Crippen molar-refractivity contribution in [2.75, 3.05) is 11.0 Å². The number of nitrogens with zero attached hydrogens (tertiary/aromatic N) is 1. The average Bonchev–Trinajstić information content (AvgIpc) is 3.41. The maximum Gasteiger partial charge on any atom is 0.313 e. The van der Waals surface area contributed by atoms with Crippen LogP contribution in [-0.4, -0.2) is 6.54 Å². The maximum atomic E-state index is 7.62. The van der Waals surface area contributed by atoms with E-state index in [2.05, 4.69) is 153 Å². The van der Waals surface area contributed by atoms with E-state index in [-0.39, 0.29) is 10.8 Å². The van der Waals surface area contributed by atoms with Gasteiger partial charge in [0.25, 0.3) is 0 Å². The Morgan fingerprint density at radius 1 is 0.653 bits per heavy atom. The smallest absolute Gasteiger partial charge is 0.313 e. The number of fused-ring (bicyclic) bond motifs is 3. The fraction of sp³-hybridized carbons (Fsp3) is 0.455. The van der Waals surface area contributed by atoms with Crippen molar-refractivity contribution in [2.24, 2.45) is 0 Å². The molecular weight excluding hydrogens is 636 g/mol. The minimum atomic E-state index is -1.50. The molecule has 3 nitrogen and oxygen atoms in total. The molecule has 1 saturated heterocycles. The summed E-state index contributed by atoms with van der Waals surface area (Å²) in [5.41, 5.74) is 13.3. The Labute approximate surface area is 297 Å². The van der Waals surface area contributed by atoms with Crippen molar-refractivity contribution in [3.63, 3.8) is 0 Å². The topological polar surface area (TPSA) is 29.5 Å². The molecule has 5 aromatic rings. The van der Waals surface area contributed by atoms with Gasteiger partial charge in [-0.25, -0.2) is 0 Å². The quantitative estimate of drug-likeness (QED) is 0.159. The molecule has 0 saturated carbocycles. The van der Waals surface area contributed by atoms with Crippen LogP contribution in [-0.2, 0) is 10.8 Å². The third kappa shape index (κ3) is 6.94. The third-order valence-corrected chi connectivity index (χ3v) is 16.1. The van der Waals surface area contributed by atoms with Crippen LogP contribution in [0.5, 0.6) is 0 Å². The molecule has 6 rings (SSSR count). The molecule has 1 aromatic heterocycles. The van der Waals surface area contributed by atoms with E-state index >= 15 is 0 Å². The highest BCUT2D eigenvalue weighted by Crippen LogP contribution is 2.74. The van der Waals surface area contributed by atoms with Gasteiger partial charge in [-0.1, -0.05) is 128 Å². The Balaban J connectivity index is 1.78. The minimum absolute atomic E-state index is 0.106. The van der Waals surface area contributed by atoms with Crippen LogP contribution in [0.1, 0.15) is 130 Å². The molecule has 1 aliphatic heterocycles.